The standard InChI is InChI=1S/C15H14ClN5/c1-10(11-5-3-2-4-6-11)21-15(18-19-20-21)13-8-7-12(16)9-14(13)17/h2-10H,17H2,1H3. The van der Waals surface area contributed by atoms with Crippen LogP contribution in [-0.4, -0.2) is 20.2 Å². The van der Waals surface area contributed by atoms with E-state index in [2.05, 4.69) is 15.5 Å². The van der Waals surface area contributed by atoms with Gasteiger partial charge < -0.3 is 5.73 Å². The van der Waals surface area contributed by atoms with Crippen LogP contribution in [0.15, 0.2) is 48.5 Å². The van der Waals surface area contributed by atoms with Gasteiger partial charge >= 0.3 is 0 Å². The van der Waals surface area contributed by atoms with Crippen LogP contribution in [-0.2, 0) is 0 Å². The van der Waals surface area contributed by atoms with Gasteiger partial charge in [-0.05, 0) is 41.1 Å². The molecule has 0 fully saturated rings. The molecular formula is C15H14ClN5. The Balaban J connectivity index is 2.05. The Morgan fingerprint density at radius 3 is 2.62 bits per heavy atom. The molecule has 0 radical (unpaired) electrons. The molecule has 3 rings (SSSR count). The van der Waals surface area contributed by atoms with E-state index < -0.39 is 0 Å². The van der Waals surface area contributed by atoms with Crippen molar-refractivity contribution in [3.63, 3.8) is 0 Å². The van der Waals surface area contributed by atoms with Crippen molar-refractivity contribution in [1.29, 1.82) is 0 Å². The molecule has 0 spiro atoms. The summed E-state index contributed by atoms with van der Waals surface area (Å²) in [7, 11) is 0. The van der Waals surface area contributed by atoms with Gasteiger partial charge in [0.05, 0.1) is 6.04 Å². The van der Waals surface area contributed by atoms with Crippen LogP contribution in [0.2, 0.25) is 5.02 Å². The Kier molecular flexibility index (Phi) is 3.58. The number of nitrogens with two attached hydrogens (primary N) is 1. The minimum atomic E-state index is 0.00581. The molecule has 5 nitrogen and oxygen atoms in total. The number of aromatic nitrogens is 4. The van der Waals surface area contributed by atoms with Crippen molar-refractivity contribution in [3.05, 3.63) is 59.1 Å². The summed E-state index contributed by atoms with van der Waals surface area (Å²) in [6, 6.07) is 15.4. The molecule has 1 atom stereocenters. The highest BCUT2D eigenvalue weighted by Crippen LogP contribution is 2.29. The summed E-state index contributed by atoms with van der Waals surface area (Å²) in [6.07, 6.45) is 0. The maximum absolute atomic E-state index is 6.03. The molecule has 0 saturated heterocycles. The molecule has 0 aliphatic rings. The van der Waals surface area contributed by atoms with Crippen LogP contribution in [0, 0.1) is 0 Å². The average Bonchev–Trinajstić information content (AvgIpc) is 2.96. The predicted molar refractivity (Wildman–Crippen MR) is 82.9 cm³/mol. The van der Waals surface area contributed by atoms with Crippen molar-refractivity contribution >= 4 is 17.3 Å². The van der Waals surface area contributed by atoms with Crippen LogP contribution < -0.4 is 5.73 Å². The molecule has 1 heterocycles. The topological polar surface area (TPSA) is 69.6 Å². The van der Waals surface area contributed by atoms with Gasteiger partial charge in [0.25, 0.3) is 0 Å². The molecule has 2 N–H and O–H groups in total. The first-order valence-corrected chi connectivity index (χ1v) is 6.93. The summed E-state index contributed by atoms with van der Waals surface area (Å²) in [5.41, 5.74) is 8.48. The van der Waals surface area contributed by atoms with Crippen molar-refractivity contribution in [3.8, 4) is 11.4 Å². The minimum Gasteiger partial charge on any atom is -0.398 e. The number of hydrogen-bond donors (Lipinski definition) is 1. The Labute approximate surface area is 127 Å². The third-order valence-corrected chi connectivity index (χ3v) is 3.63. The predicted octanol–water partition coefficient (Wildman–Crippen LogP) is 3.19. The summed E-state index contributed by atoms with van der Waals surface area (Å²) in [4.78, 5) is 0. The molecule has 21 heavy (non-hydrogen) atoms. The zero-order valence-corrected chi connectivity index (χ0v) is 12.2. The number of tetrazole rings is 1. The molecule has 1 unspecified atom stereocenters. The fraction of sp³-hybridized carbons (Fsp3) is 0.133. The number of hydrogen-bond acceptors (Lipinski definition) is 4. The maximum Gasteiger partial charge on any atom is 0.184 e. The van der Waals surface area contributed by atoms with E-state index in [1.54, 1.807) is 16.8 Å². The highest BCUT2D eigenvalue weighted by atomic mass is 35.5. The van der Waals surface area contributed by atoms with Crippen LogP contribution in [0.25, 0.3) is 11.4 Å². The number of nitrogen functional groups attached to an aromatic ring is 1. The molecule has 0 amide bonds. The molecule has 1 aromatic heterocycles. The number of halogens is 1. The van der Waals surface area contributed by atoms with Gasteiger partial charge in [-0.3, -0.25) is 0 Å². The maximum atomic E-state index is 6.03. The second-order valence-corrected chi connectivity index (χ2v) is 5.20. The summed E-state index contributed by atoms with van der Waals surface area (Å²) < 4.78 is 1.76. The molecule has 0 bridgehead atoms. The molecular weight excluding hydrogens is 286 g/mol. The first-order chi connectivity index (χ1) is 10.2. The largest absolute Gasteiger partial charge is 0.398 e. The van der Waals surface area contributed by atoms with Crippen molar-refractivity contribution in [2.24, 2.45) is 0 Å². The fourth-order valence-corrected chi connectivity index (χ4v) is 2.42. The van der Waals surface area contributed by atoms with Crippen LogP contribution in [0.5, 0.6) is 0 Å². The average molecular weight is 300 g/mol. The van der Waals surface area contributed by atoms with Gasteiger partial charge in [0, 0.05) is 16.3 Å². The Bertz CT molecular complexity index is 754. The molecule has 6 heteroatoms. The molecule has 2 aromatic carbocycles. The third-order valence-electron chi connectivity index (χ3n) is 3.40. The molecule has 0 aliphatic carbocycles. The molecule has 106 valence electrons. The lowest BCUT2D eigenvalue weighted by molar-refractivity contribution is 0.548. The highest BCUT2D eigenvalue weighted by Gasteiger charge is 2.17. The van der Waals surface area contributed by atoms with E-state index in [0.29, 0.717) is 16.5 Å². The summed E-state index contributed by atoms with van der Waals surface area (Å²) in [6.45, 7) is 2.04. The van der Waals surface area contributed by atoms with E-state index in [4.69, 9.17) is 17.3 Å². The first-order valence-electron chi connectivity index (χ1n) is 6.55. The van der Waals surface area contributed by atoms with Gasteiger partial charge in [-0.15, -0.1) is 5.10 Å². The first kappa shape index (κ1) is 13.6. The summed E-state index contributed by atoms with van der Waals surface area (Å²) in [5, 5.41) is 12.6. The van der Waals surface area contributed by atoms with Crippen molar-refractivity contribution in [2.75, 3.05) is 5.73 Å². The number of nitrogens with zero attached hydrogens (tertiary/aromatic N) is 4. The lowest BCUT2D eigenvalue weighted by Crippen LogP contribution is -2.11. The van der Waals surface area contributed by atoms with E-state index in [1.165, 1.54) is 0 Å². The van der Waals surface area contributed by atoms with Crippen molar-refractivity contribution in [1.82, 2.24) is 20.2 Å². The minimum absolute atomic E-state index is 0.00581. The Morgan fingerprint density at radius 1 is 1.14 bits per heavy atom. The van der Waals surface area contributed by atoms with E-state index in [-0.39, 0.29) is 6.04 Å². The zero-order chi connectivity index (χ0) is 14.8. The lowest BCUT2D eigenvalue weighted by atomic mass is 10.1. The van der Waals surface area contributed by atoms with Gasteiger partial charge in [-0.1, -0.05) is 41.9 Å². The van der Waals surface area contributed by atoms with E-state index in [1.807, 2.05) is 43.3 Å². The normalized spacial score (nSPS) is 12.3. The number of rotatable bonds is 3. The molecule has 0 saturated carbocycles. The smallest absolute Gasteiger partial charge is 0.184 e. The van der Waals surface area contributed by atoms with Crippen LogP contribution in [0.1, 0.15) is 18.5 Å². The van der Waals surface area contributed by atoms with Crippen molar-refractivity contribution in [2.45, 2.75) is 13.0 Å². The molecule has 0 aliphatic heterocycles. The van der Waals surface area contributed by atoms with E-state index in [0.717, 1.165) is 11.1 Å². The monoisotopic (exact) mass is 299 g/mol. The van der Waals surface area contributed by atoms with E-state index in [9.17, 15) is 0 Å². The number of benzene rings is 2. The Hall–Kier alpha value is -2.40. The quantitative estimate of drug-likeness (QED) is 0.754. The third kappa shape index (κ3) is 2.60. The summed E-state index contributed by atoms with van der Waals surface area (Å²) in [5.74, 6) is 0.625. The van der Waals surface area contributed by atoms with E-state index >= 15 is 0 Å². The molecule has 3 aromatic rings. The van der Waals surface area contributed by atoms with Gasteiger partial charge in [-0.2, -0.15) is 0 Å². The highest BCUT2D eigenvalue weighted by molar-refractivity contribution is 6.31. The van der Waals surface area contributed by atoms with Gasteiger partial charge in [0.1, 0.15) is 0 Å². The van der Waals surface area contributed by atoms with Crippen LogP contribution in [0.4, 0.5) is 5.69 Å². The van der Waals surface area contributed by atoms with Crippen LogP contribution in [0.3, 0.4) is 0 Å². The van der Waals surface area contributed by atoms with Gasteiger partial charge in [0.15, 0.2) is 5.82 Å². The van der Waals surface area contributed by atoms with Gasteiger partial charge in [-0.25, -0.2) is 4.68 Å². The van der Waals surface area contributed by atoms with Gasteiger partial charge in [0.2, 0.25) is 0 Å². The summed E-state index contributed by atoms with van der Waals surface area (Å²) >= 11 is 5.94. The lowest BCUT2D eigenvalue weighted by Gasteiger charge is -2.14. The second kappa shape index (κ2) is 5.54. The second-order valence-electron chi connectivity index (χ2n) is 4.77. The Morgan fingerprint density at radius 2 is 1.90 bits per heavy atom. The van der Waals surface area contributed by atoms with Crippen LogP contribution >= 0.6 is 11.6 Å². The number of anilines is 1. The van der Waals surface area contributed by atoms with Crippen molar-refractivity contribution < 1.29 is 0 Å². The zero-order valence-electron chi connectivity index (χ0n) is 11.4. The SMILES string of the molecule is CC(c1ccccc1)n1nnnc1-c1ccc(Cl)cc1N. The fourth-order valence-electron chi connectivity index (χ4n) is 2.24.